The van der Waals surface area contributed by atoms with Gasteiger partial charge in [-0.15, -0.1) is 0 Å². The molecule has 1 aliphatic rings. The van der Waals surface area contributed by atoms with Crippen LogP contribution in [0.4, 0.5) is 11.6 Å². The van der Waals surface area contributed by atoms with E-state index in [1.807, 2.05) is 6.07 Å². The van der Waals surface area contributed by atoms with Crippen LogP contribution in [0.2, 0.25) is 0 Å². The second-order valence-corrected chi connectivity index (χ2v) is 5.18. The molecular weight excluding hydrogens is 242 g/mol. The van der Waals surface area contributed by atoms with Gasteiger partial charge in [-0.2, -0.15) is 0 Å². The number of methoxy groups -OCH3 is 1. The van der Waals surface area contributed by atoms with Gasteiger partial charge >= 0.3 is 0 Å². The fourth-order valence-electron chi connectivity index (χ4n) is 2.62. The number of hydrogen-bond acceptors (Lipinski definition) is 6. The van der Waals surface area contributed by atoms with E-state index >= 15 is 0 Å². The third-order valence-electron chi connectivity index (χ3n) is 3.78. The number of anilines is 2. The molecule has 1 aromatic rings. The topological polar surface area (TPSA) is 85.1 Å². The lowest BCUT2D eigenvalue weighted by Crippen LogP contribution is -2.18. The molecule has 6 heteroatoms. The highest BCUT2D eigenvalue weighted by molar-refractivity contribution is 5.46. The number of nitrogens with two attached hydrogens (primary N) is 1. The van der Waals surface area contributed by atoms with Crippen LogP contribution in [0, 0.1) is 11.8 Å². The summed E-state index contributed by atoms with van der Waals surface area (Å²) in [5, 5.41) is 3.39. The summed E-state index contributed by atoms with van der Waals surface area (Å²) < 4.78 is 5.06. The first kappa shape index (κ1) is 14.0. The minimum atomic E-state index is 0.379. The summed E-state index contributed by atoms with van der Waals surface area (Å²) in [6.45, 7) is 3.65. The van der Waals surface area contributed by atoms with Crippen molar-refractivity contribution in [3.05, 3.63) is 11.9 Å². The number of aromatic nitrogens is 2. The lowest BCUT2D eigenvalue weighted by atomic mass is 9.98. The highest BCUT2D eigenvalue weighted by atomic mass is 16.5. The maximum absolute atomic E-state index is 5.42. The standard InChI is InChI=1S/C13H23N5O/c1-9-4-3-5-10(9)7-15-11-6-12(18-14)17-13(16-11)8-19-2/h6,9-10H,3-5,7-8,14H2,1-2H3,(H2,15,16,17,18). The molecule has 1 aromatic heterocycles. The molecule has 1 aliphatic carbocycles. The summed E-state index contributed by atoms with van der Waals surface area (Å²) in [4.78, 5) is 8.64. The van der Waals surface area contributed by atoms with Gasteiger partial charge in [-0.05, 0) is 18.3 Å². The van der Waals surface area contributed by atoms with E-state index in [0.717, 1.165) is 24.2 Å². The molecule has 2 atom stereocenters. The third kappa shape index (κ3) is 3.78. The summed E-state index contributed by atoms with van der Waals surface area (Å²) in [6.07, 6.45) is 3.97. The number of rotatable bonds is 6. The largest absolute Gasteiger partial charge is 0.377 e. The molecule has 0 radical (unpaired) electrons. The first-order valence-corrected chi connectivity index (χ1v) is 6.80. The van der Waals surface area contributed by atoms with Crippen molar-refractivity contribution in [3.8, 4) is 0 Å². The Morgan fingerprint density at radius 3 is 2.79 bits per heavy atom. The van der Waals surface area contributed by atoms with Crippen molar-refractivity contribution >= 4 is 11.6 Å². The smallest absolute Gasteiger partial charge is 0.158 e. The molecule has 0 bridgehead atoms. The molecule has 19 heavy (non-hydrogen) atoms. The van der Waals surface area contributed by atoms with Gasteiger partial charge in [-0.3, -0.25) is 0 Å². The maximum atomic E-state index is 5.42. The van der Waals surface area contributed by atoms with Gasteiger partial charge in [0.2, 0.25) is 0 Å². The van der Waals surface area contributed by atoms with Crippen molar-refractivity contribution in [2.45, 2.75) is 32.8 Å². The molecule has 1 fully saturated rings. The monoisotopic (exact) mass is 265 g/mol. The minimum Gasteiger partial charge on any atom is -0.377 e. The summed E-state index contributed by atoms with van der Waals surface area (Å²) in [5.41, 5.74) is 2.56. The molecule has 106 valence electrons. The Balaban J connectivity index is 2.00. The van der Waals surface area contributed by atoms with Crippen LogP contribution in [0.25, 0.3) is 0 Å². The van der Waals surface area contributed by atoms with E-state index in [9.17, 15) is 0 Å². The summed E-state index contributed by atoms with van der Waals surface area (Å²) in [6, 6.07) is 1.82. The van der Waals surface area contributed by atoms with E-state index in [2.05, 4.69) is 27.6 Å². The van der Waals surface area contributed by atoms with Crippen LogP contribution in [0.3, 0.4) is 0 Å². The highest BCUT2D eigenvalue weighted by Gasteiger charge is 2.23. The van der Waals surface area contributed by atoms with Crippen LogP contribution in [0.15, 0.2) is 6.07 Å². The van der Waals surface area contributed by atoms with Gasteiger partial charge in [0.15, 0.2) is 5.82 Å². The number of hydrazine groups is 1. The number of ether oxygens (including phenoxy) is 1. The second-order valence-electron chi connectivity index (χ2n) is 5.18. The molecule has 0 amide bonds. The van der Waals surface area contributed by atoms with Crippen molar-refractivity contribution in [1.82, 2.24) is 9.97 Å². The van der Waals surface area contributed by atoms with Gasteiger partial charge < -0.3 is 15.5 Å². The Bertz CT molecular complexity index is 412. The van der Waals surface area contributed by atoms with Crippen LogP contribution in [-0.4, -0.2) is 23.6 Å². The Labute approximate surface area is 114 Å². The molecule has 0 aromatic carbocycles. The summed E-state index contributed by atoms with van der Waals surface area (Å²) >= 11 is 0. The molecule has 0 spiro atoms. The van der Waals surface area contributed by atoms with Crippen LogP contribution < -0.4 is 16.6 Å². The molecule has 6 nitrogen and oxygen atoms in total. The molecule has 2 unspecified atom stereocenters. The van der Waals surface area contributed by atoms with Gasteiger partial charge in [-0.1, -0.05) is 19.8 Å². The molecule has 1 saturated carbocycles. The van der Waals surface area contributed by atoms with Crippen LogP contribution in [-0.2, 0) is 11.3 Å². The van der Waals surface area contributed by atoms with Crippen LogP contribution >= 0.6 is 0 Å². The SMILES string of the molecule is COCc1nc(NN)cc(NCC2CCCC2C)n1. The van der Waals surface area contributed by atoms with E-state index in [4.69, 9.17) is 10.6 Å². The Morgan fingerprint density at radius 2 is 2.16 bits per heavy atom. The van der Waals surface area contributed by atoms with Crippen molar-refractivity contribution in [3.63, 3.8) is 0 Å². The van der Waals surface area contributed by atoms with E-state index in [1.54, 1.807) is 7.11 Å². The maximum Gasteiger partial charge on any atom is 0.158 e. The van der Waals surface area contributed by atoms with Crippen molar-refractivity contribution in [2.24, 2.45) is 17.7 Å². The van der Waals surface area contributed by atoms with Gasteiger partial charge in [0.25, 0.3) is 0 Å². The molecule has 0 aliphatic heterocycles. The second kappa shape index (κ2) is 6.68. The number of hydrogen-bond donors (Lipinski definition) is 3. The lowest BCUT2D eigenvalue weighted by Gasteiger charge is -2.17. The normalized spacial score (nSPS) is 22.5. The number of nitrogen functional groups attached to an aromatic ring is 1. The average molecular weight is 265 g/mol. The quantitative estimate of drug-likeness (QED) is 0.537. The fraction of sp³-hybridized carbons (Fsp3) is 0.692. The molecule has 2 rings (SSSR count). The van der Waals surface area contributed by atoms with E-state index in [1.165, 1.54) is 19.3 Å². The first-order valence-electron chi connectivity index (χ1n) is 6.80. The zero-order valence-electron chi connectivity index (χ0n) is 11.6. The average Bonchev–Trinajstić information content (AvgIpc) is 2.82. The zero-order valence-corrected chi connectivity index (χ0v) is 11.6. The third-order valence-corrected chi connectivity index (χ3v) is 3.78. The Hall–Kier alpha value is -1.40. The minimum absolute atomic E-state index is 0.379. The molecular formula is C13H23N5O. The number of nitrogens with one attached hydrogen (secondary N) is 2. The van der Waals surface area contributed by atoms with Gasteiger partial charge in [0.1, 0.15) is 18.2 Å². The van der Waals surface area contributed by atoms with Crippen LogP contribution in [0.5, 0.6) is 0 Å². The molecule has 4 N–H and O–H groups in total. The van der Waals surface area contributed by atoms with Gasteiger partial charge in [0.05, 0.1) is 0 Å². The summed E-state index contributed by atoms with van der Waals surface area (Å²) in [7, 11) is 1.62. The van der Waals surface area contributed by atoms with E-state index < -0.39 is 0 Å². The van der Waals surface area contributed by atoms with E-state index in [-0.39, 0.29) is 0 Å². The lowest BCUT2D eigenvalue weighted by molar-refractivity contribution is 0.178. The van der Waals surface area contributed by atoms with Gasteiger partial charge in [-0.25, -0.2) is 15.8 Å². The molecule has 0 saturated heterocycles. The predicted octanol–water partition coefficient (Wildman–Crippen LogP) is 1.76. The fourth-order valence-corrected chi connectivity index (χ4v) is 2.62. The van der Waals surface area contributed by atoms with E-state index in [0.29, 0.717) is 18.2 Å². The van der Waals surface area contributed by atoms with Crippen LogP contribution in [0.1, 0.15) is 32.0 Å². The van der Waals surface area contributed by atoms with Crippen molar-refractivity contribution in [2.75, 3.05) is 24.4 Å². The predicted molar refractivity (Wildman–Crippen MR) is 75.5 cm³/mol. The van der Waals surface area contributed by atoms with Crippen molar-refractivity contribution < 1.29 is 4.74 Å². The van der Waals surface area contributed by atoms with Crippen molar-refractivity contribution in [1.29, 1.82) is 0 Å². The zero-order chi connectivity index (χ0) is 13.7. The summed E-state index contributed by atoms with van der Waals surface area (Å²) in [5.74, 6) is 8.96. The first-order chi connectivity index (χ1) is 9.22. The van der Waals surface area contributed by atoms with Gasteiger partial charge in [0, 0.05) is 19.7 Å². The highest BCUT2D eigenvalue weighted by Crippen LogP contribution is 2.31. The molecule has 1 heterocycles. The number of nitrogens with zero attached hydrogens (tertiary/aromatic N) is 2. The Morgan fingerprint density at radius 1 is 1.37 bits per heavy atom. The Kier molecular flexibility index (Phi) is 4.93.